The van der Waals surface area contributed by atoms with E-state index in [2.05, 4.69) is 0 Å². The Kier molecular flexibility index (Phi) is 5.61. The zero-order chi connectivity index (χ0) is 21.3. The molecular formula is C23H25FN2O4. The van der Waals surface area contributed by atoms with Crippen molar-refractivity contribution in [1.82, 2.24) is 4.90 Å². The number of benzene rings is 2. The summed E-state index contributed by atoms with van der Waals surface area (Å²) in [6.07, 6.45) is 1.90. The zero-order valence-electron chi connectivity index (χ0n) is 17.1. The number of amides is 2. The molecule has 4 rings (SSSR count). The van der Waals surface area contributed by atoms with Crippen LogP contribution in [-0.4, -0.2) is 44.0 Å². The number of methoxy groups -OCH3 is 2. The summed E-state index contributed by atoms with van der Waals surface area (Å²) in [4.78, 5) is 29.2. The molecule has 2 fully saturated rings. The number of carbonyl (C=O) groups excluding carboxylic acids is 2. The van der Waals surface area contributed by atoms with Crippen molar-refractivity contribution in [3.63, 3.8) is 0 Å². The first kappa shape index (κ1) is 20.2. The van der Waals surface area contributed by atoms with E-state index in [1.807, 2.05) is 23.1 Å². The number of halogens is 1. The quantitative estimate of drug-likeness (QED) is 0.754. The predicted molar refractivity (Wildman–Crippen MR) is 110 cm³/mol. The summed E-state index contributed by atoms with van der Waals surface area (Å²) in [6.45, 7) is 0.929. The van der Waals surface area contributed by atoms with Crippen LogP contribution in [0, 0.1) is 11.7 Å². The number of anilines is 1. The molecule has 2 aliphatic heterocycles. The Labute approximate surface area is 175 Å². The van der Waals surface area contributed by atoms with Crippen LogP contribution >= 0.6 is 0 Å². The minimum absolute atomic E-state index is 0.0282. The van der Waals surface area contributed by atoms with Gasteiger partial charge in [-0.1, -0.05) is 12.1 Å². The SMILES string of the molecule is COc1ccc([C@H]2CCCN2C(=O)[C@H]2CC(=O)N(c3cccc(F)c3)C2)cc1OC. The van der Waals surface area contributed by atoms with Crippen LogP contribution in [-0.2, 0) is 9.59 Å². The van der Waals surface area contributed by atoms with Gasteiger partial charge in [-0.3, -0.25) is 9.59 Å². The Morgan fingerprint density at radius 3 is 2.63 bits per heavy atom. The molecule has 0 unspecified atom stereocenters. The number of carbonyl (C=O) groups is 2. The molecule has 0 saturated carbocycles. The topological polar surface area (TPSA) is 59.1 Å². The minimum Gasteiger partial charge on any atom is -0.493 e. The maximum Gasteiger partial charge on any atom is 0.228 e. The Hall–Kier alpha value is -3.09. The average molecular weight is 412 g/mol. The molecule has 0 radical (unpaired) electrons. The van der Waals surface area contributed by atoms with E-state index >= 15 is 0 Å². The van der Waals surface area contributed by atoms with Crippen LogP contribution in [0.15, 0.2) is 42.5 Å². The van der Waals surface area contributed by atoms with Crippen LogP contribution in [0.4, 0.5) is 10.1 Å². The lowest BCUT2D eigenvalue weighted by molar-refractivity contribution is -0.136. The lowest BCUT2D eigenvalue weighted by atomic mass is 10.0. The van der Waals surface area contributed by atoms with Gasteiger partial charge in [0.2, 0.25) is 11.8 Å². The van der Waals surface area contributed by atoms with Crippen LogP contribution in [0.5, 0.6) is 11.5 Å². The summed E-state index contributed by atoms with van der Waals surface area (Å²) in [5, 5.41) is 0. The maximum atomic E-state index is 13.6. The summed E-state index contributed by atoms with van der Waals surface area (Å²) in [7, 11) is 3.18. The average Bonchev–Trinajstić information content (AvgIpc) is 3.39. The van der Waals surface area contributed by atoms with Crippen molar-refractivity contribution < 1.29 is 23.5 Å². The second-order valence-corrected chi connectivity index (χ2v) is 7.69. The normalized spacial score (nSPS) is 21.2. The van der Waals surface area contributed by atoms with Crippen molar-refractivity contribution in [3.05, 3.63) is 53.8 Å². The molecule has 2 amide bonds. The number of hydrogen-bond acceptors (Lipinski definition) is 4. The molecular weight excluding hydrogens is 387 g/mol. The molecule has 6 nitrogen and oxygen atoms in total. The van der Waals surface area contributed by atoms with Crippen LogP contribution in [0.3, 0.4) is 0 Å². The van der Waals surface area contributed by atoms with Gasteiger partial charge in [-0.25, -0.2) is 4.39 Å². The molecule has 30 heavy (non-hydrogen) atoms. The Balaban J connectivity index is 1.52. The molecule has 0 aromatic heterocycles. The molecule has 0 N–H and O–H groups in total. The van der Waals surface area contributed by atoms with Crippen molar-refractivity contribution in [2.24, 2.45) is 5.92 Å². The largest absolute Gasteiger partial charge is 0.493 e. The summed E-state index contributed by atoms with van der Waals surface area (Å²) < 4.78 is 24.3. The fraction of sp³-hybridized carbons (Fsp3) is 0.391. The highest BCUT2D eigenvalue weighted by Gasteiger charge is 2.40. The van der Waals surface area contributed by atoms with Crippen molar-refractivity contribution in [1.29, 1.82) is 0 Å². The van der Waals surface area contributed by atoms with Crippen LogP contribution in [0.25, 0.3) is 0 Å². The van der Waals surface area contributed by atoms with Crippen LogP contribution in [0.2, 0.25) is 0 Å². The van der Waals surface area contributed by atoms with Gasteiger partial charge in [-0.2, -0.15) is 0 Å². The van der Waals surface area contributed by atoms with E-state index in [-0.39, 0.29) is 30.8 Å². The molecule has 2 atom stereocenters. The molecule has 2 aromatic carbocycles. The lowest BCUT2D eigenvalue weighted by Crippen LogP contribution is -2.37. The van der Waals surface area contributed by atoms with Crippen molar-refractivity contribution in [2.45, 2.75) is 25.3 Å². The van der Waals surface area contributed by atoms with Crippen molar-refractivity contribution in [3.8, 4) is 11.5 Å². The number of likely N-dealkylation sites (tertiary alicyclic amines) is 1. The highest BCUT2D eigenvalue weighted by atomic mass is 19.1. The Morgan fingerprint density at radius 2 is 1.90 bits per heavy atom. The highest BCUT2D eigenvalue weighted by Crippen LogP contribution is 2.38. The zero-order valence-corrected chi connectivity index (χ0v) is 17.1. The van der Waals surface area contributed by atoms with Gasteiger partial charge in [0.05, 0.1) is 26.2 Å². The van der Waals surface area contributed by atoms with E-state index in [9.17, 15) is 14.0 Å². The molecule has 2 aromatic rings. The van der Waals surface area contributed by atoms with Gasteiger partial charge in [-0.15, -0.1) is 0 Å². The standard InChI is InChI=1S/C23H25FN2O4/c1-29-20-9-8-15(11-21(20)30-2)19-7-4-10-25(19)23(28)16-12-22(27)26(14-16)18-6-3-5-17(24)13-18/h3,5-6,8-9,11,13,16,19H,4,7,10,12,14H2,1-2H3/t16-,19+/m0/s1. The van der Waals surface area contributed by atoms with Gasteiger partial charge in [0.15, 0.2) is 11.5 Å². The van der Waals surface area contributed by atoms with Gasteiger partial charge in [0, 0.05) is 25.2 Å². The number of rotatable bonds is 5. The fourth-order valence-electron chi connectivity index (χ4n) is 4.44. The summed E-state index contributed by atoms with van der Waals surface area (Å²) in [6, 6.07) is 11.6. The first-order chi connectivity index (χ1) is 14.5. The van der Waals surface area contributed by atoms with Gasteiger partial charge < -0.3 is 19.3 Å². The highest BCUT2D eigenvalue weighted by molar-refractivity contribution is 6.00. The van der Waals surface area contributed by atoms with Gasteiger partial charge in [-0.05, 0) is 48.7 Å². The molecule has 2 aliphatic rings. The minimum atomic E-state index is -0.429. The molecule has 0 aliphatic carbocycles. The van der Waals surface area contributed by atoms with E-state index < -0.39 is 11.7 Å². The summed E-state index contributed by atoms with van der Waals surface area (Å²) >= 11 is 0. The van der Waals surface area contributed by atoms with E-state index in [0.717, 1.165) is 18.4 Å². The second-order valence-electron chi connectivity index (χ2n) is 7.69. The van der Waals surface area contributed by atoms with Gasteiger partial charge >= 0.3 is 0 Å². The molecule has 0 bridgehead atoms. The number of ether oxygens (including phenoxy) is 2. The van der Waals surface area contributed by atoms with Crippen LogP contribution in [0.1, 0.15) is 30.9 Å². The monoisotopic (exact) mass is 412 g/mol. The van der Waals surface area contributed by atoms with E-state index in [1.165, 1.54) is 17.0 Å². The molecule has 7 heteroatoms. The Morgan fingerprint density at radius 1 is 1.10 bits per heavy atom. The smallest absolute Gasteiger partial charge is 0.228 e. The van der Waals surface area contributed by atoms with Gasteiger partial charge in [0.1, 0.15) is 5.82 Å². The maximum absolute atomic E-state index is 13.6. The third kappa shape index (κ3) is 3.72. The Bertz CT molecular complexity index is 964. The first-order valence-corrected chi connectivity index (χ1v) is 10.1. The number of nitrogens with zero attached hydrogens (tertiary/aromatic N) is 2. The molecule has 158 valence electrons. The van der Waals surface area contributed by atoms with E-state index in [0.29, 0.717) is 23.7 Å². The third-order valence-corrected chi connectivity index (χ3v) is 5.92. The van der Waals surface area contributed by atoms with Gasteiger partial charge in [0.25, 0.3) is 0 Å². The predicted octanol–water partition coefficient (Wildman–Crippen LogP) is 3.56. The fourth-order valence-corrected chi connectivity index (χ4v) is 4.44. The third-order valence-electron chi connectivity index (χ3n) is 5.92. The van der Waals surface area contributed by atoms with E-state index in [4.69, 9.17) is 9.47 Å². The lowest BCUT2D eigenvalue weighted by Gasteiger charge is -2.28. The molecule has 0 spiro atoms. The first-order valence-electron chi connectivity index (χ1n) is 10.1. The summed E-state index contributed by atoms with van der Waals surface area (Å²) in [5.74, 6) is 0.261. The number of hydrogen-bond donors (Lipinski definition) is 0. The second kappa shape index (κ2) is 8.34. The molecule has 2 saturated heterocycles. The van der Waals surface area contributed by atoms with Crippen molar-refractivity contribution in [2.75, 3.05) is 32.2 Å². The molecule has 2 heterocycles. The van der Waals surface area contributed by atoms with Crippen molar-refractivity contribution >= 4 is 17.5 Å². The summed E-state index contributed by atoms with van der Waals surface area (Å²) in [5.41, 5.74) is 1.48. The van der Waals surface area contributed by atoms with Crippen LogP contribution < -0.4 is 14.4 Å². The van der Waals surface area contributed by atoms with E-state index in [1.54, 1.807) is 26.4 Å².